The number of fused-ring (bicyclic) bond motifs is 1. The van der Waals surface area contributed by atoms with Crippen molar-refractivity contribution in [3.63, 3.8) is 0 Å². The number of hydrogen-bond donors (Lipinski definition) is 2. The van der Waals surface area contributed by atoms with Crippen LogP contribution in [0.4, 0.5) is 14.6 Å². The van der Waals surface area contributed by atoms with Gasteiger partial charge in [-0.05, 0) is 42.0 Å². The third kappa shape index (κ3) is 5.33. The number of carboxylic acids is 1. The van der Waals surface area contributed by atoms with Crippen molar-refractivity contribution in [1.82, 2.24) is 9.88 Å². The van der Waals surface area contributed by atoms with Gasteiger partial charge in [-0.25, -0.2) is 18.6 Å². The van der Waals surface area contributed by atoms with Crippen molar-refractivity contribution in [3.8, 4) is 11.5 Å². The van der Waals surface area contributed by atoms with Crippen molar-refractivity contribution in [2.45, 2.75) is 11.9 Å². The number of carbonyl (C=O) groups excluding carboxylic acids is 2. The second kappa shape index (κ2) is 10.8. The Kier molecular flexibility index (Phi) is 7.58. The van der Waals surface area contributed by atoms with Gasteiger partial charge in [0.15, 0.2) is 11.5 Å². The minimum absolute atomic E-state index is 0.00968. The summed E-state index contributed by atoms with van der Waals surface area (Å²) in [5, 5.41) is 10.5. The number of rotatable bonds is 9. The fourth-order valence-corrected chi connectivity index (χ4v) is 4.99. The third-order valence-electron chi connectivity index (χ3n) is 5.60. The monoisotopic (exact) mass is 529 g/mol. The molecule has 1 aliphatic heterocycles. The topological polar surface area (TPSA) is 118 Å². The van der Waals surface area contributed by atoms with Crippen LogP contribution in [0.2, 0.25) is 0 Å². The molecule has 0 saturated carbocycles. The number of halogens is 2. The molecule has 9 nitrogen and oxygen atoms in total. The summed E-state index contributed by atoms with van der Waals surface area (Å²) in [7, 11) is 2.95. The maximum Gasteiger partial charge on any atom is 0.337 e. The Balaban J connectivity index is 1.56. The molecule has 2 N–H and O–H groups in total. The largest absolute Gasteiger partial charge is 0.493 e. The Labute approximate surface area is 214 Å². The molecule has 0 aliphatic carbocycles. The number of aromatic carboxylic acids is 1. The van der Waals surface area contributed by atoms with E-state index in [1.165, 1.54) is 31.3 Å². The first-order chi connectivity index (χ1) is 17.7. The predicted octanol–water partition coefficient (Wildman–Crippen LogP) is 4.10. The molecule has 2 heterocycles. The molecule has 192 valence electrons. The van der Waals surface area contributed by atoms with E-state index in [0.717, 1.165) is 30.1 Å². The molecule has 0 fully saturated rings. The lowest BCUT2D eigenvalue weighted by molar-refractivity contribution is -0.113. The molecule has 12 heteroatoms. The number of hydrogen-bond acceptors (Lipinski definition) is 7. The molecule has 0 radical (unpaired) electrons. The summed E-state index contributed by atoms with van der Waals surface area (Å²) in [6.07, 6.45) is 1.10. The average molecular weight is 530 g/mol. The zero-order valence-electron chi connectivity index (χ0n) is 19.7. The smallest absolute Gasteiger partial charge is 0.337 e. The van der Waals surface area contributed by atoms with E-state index in [2.05, 4.69) is 10.3 Å². The second-order valence-corrected chi connectivity index (χ2v) is 8.96. The summed E-state index contributed by atoms with van der Waals surface area (Å²) in [4.78, 5) is 41.9. The Morgan fingerprint density at radius 1 is 1.08 bits per heavy atom. The Morgan fingerprint density at radius 3 is 2.46 bits per heavy atom. The summed E-state index contributed by atoms with van der Waals surface area (Å²) in [6.45, 7) is -0.00968. The van der Waals surface area contributed by atoms with Crippen LogP contribution in [0.1, 0.15) is 37.2 Å². The molecule has 0 saturated heterocycles. The highest BCUT2D eigenvalue weighted by Gasteiger charge is 2.41. The number of methoxy groups -OCH3 is 2. The Hall–Kier alpha value is -4.19. The van der Waals surface area contributed by atoms with Gasteiger partial charge in [0.2, 0.25) is 5.91 Å². The van der Waals surface area contributed by atoms with E-state index in [4.69, 9.17) is 14.6 Å². The highest BCUT2D eigenvalue weighted by Crippen LogP contribution is 2.44. The number of nitrogens with zero attached hydrogens (tertiary/aromatic N) is 2. The maximum absolute atomic E-state index is 14.8. The van der Waals surface area contributed by atoms with Crippen molar-refractivity contribution in [1.29, 1.82) is 0 Å². The summed E-state index contributed by atoms with van der Waals surface area (Å²) in [6, 6.07) is 9.47. The Bertz CT molecular complexity index is 1370. The number of carbonyl (C=O) groups is 3. The van der Waals surface area contributed by atoms with E-state index in [1.54, 1.807) is 18.2 Å². The van der Waals surface area contributed by atoms with Gasteiger partial charge >= 0.3 is 5.97 Å². The molecule has 0 spiro atoms. The zero-order chi connectivity index (χ0) is 26.7. The van der Waals surface area contributed by atoms with Crippen molar-refractivity contribution >= 4 is 35.4 Å². The highest BCUT2D eigenvalue weighted by molar-refractivity contribution is 8.00. The molecule has 1 unspecified atom stereocenters. The molecule has 3 aromatic rings. The van der Waals surface area contributed by atoms with Crippen LogP contribution < -0.4 is 14.8 Å². The van der Waals surface area contributed by atoms with Gasteiger partial charge in [-0.3, -0.25) is 9.59 Å². The number of nitrogens with one attached hydrogen (secondary N) is 1. The van der Waals surface area contributed by atoms with Crippen LogP contribution in [0.5, 0.6) is 11.5 Å². The first kappa shape index (κ1) is 25.9. The van der Waals surface area contributed by atoms with E-state index in [-0.39, 0.29) is 34.8 Å². The van der Waals surface area contributed by atoms with Gasteiger partial charge in [0.25, 0.3) is 5.91 Å². The number of amides is 2. The zero-order valence-corrected chi connectivity index (χ0v) is 20.5. The van der Waals surface area contributed by atoms with Crippen molar-refractivity contribution < 1.29 is 37.7 Å². The average Bonchev–Trinajstić information content (AvgIpc) is 3.17. The van der Waals surface area contributed by atoms with Crippen molar-refractivity contribution in [3.05, 3.63) is 82.5 Å². The summed E-state index contributed by atoms with van der Waals surface area (Å²) < 4.78 is 40.0. The molecule has 1 aromatic heterocycles. The van der Waals surface area contributed by atoms with Crippen LogP contribution in [0.25, 0.3) is 0 Å². The lowest BCUT2D eigenvalue weighted by Gasteiger charge is -2.25. The lowest BCUT2D eigenvalue weighted by Crippen LogP contribution is -2.27. The predicted molar refractivity (Wildman–Crippen MR) is 131 cm³/mol. The van der Waals surface area contributed by atoms with Gasteiger partial charge in [0.05, 0.1) is 31.1 Å². The number of benzene rings is 2. The molecule has 37 heavy (non-hydrogen) atoms. The molecule has 0 bridgehead atoms. The van der Waals surface area contributed by atoms with Gasteiger partial charge in [0.1, 0.15) is 22.8 Å². The van der Waals surface area contributed by atoms with Gasteiger partial charge < -0.3 is 24.8 Å². The maximum atomic E-state index is 14.8. The van der Waals surface area contributed by atoms with Crippen molar-refractivity contribution in [2.75, 3.05) is 25.3 Å². The Morgan fingerprint density at radius 2 is 1.81 bits per heavy atom. The van der Waals surface area contributed by atoms with Gasteiger partial charge in [-0.15, -0.1) is 11.8 Å². The van der Waals surface area contributed by atoms with E-state index in [9.17, 15) is 23.2 Å². The second-order valence-electron chi connectivity index (χ2n) is 7.89. The number of thioether (sulfide) groups is 1. The van der Waals surface area contributed by atoms with E-state index >= 15 is 0 Å². The molecular weight excluding hydrogens is 508 g/mol. The molecule has 2 aromatic carbocycles. The first-order valence-electron chi connectivity index (χ1n) is 10.8. The van der Waals surface area contributed by atoms with Crippen molar-refractivity contribution in [2.24, 2.45) is 0 Å². The molecule has 1 atom stereocenters. The van der Waals surface area contributed by atoms with Crippen LogP contribution in [-0.4, -0.2) is 52.7 Å². The standard InChI is InChI=1S/C25H21F2N3O6S/c1-35-17-7-3-13(9-18(17)36-2)11-30-23(32)21-15(26)5-6-16(27)22(21)24(30)37-12-20(31)29-19-8-4-14(10-28-19)25(33)34/h3-10,24H,11-12H2,1-2H3,(H,33,34)(H,28,29,31). The fourth-order valence-electron chi connectivity index (χ4n) is 3.86. The van der Waals surface area contributed by atoms with Crippen LogP contribution in [-0.2, 0) is 11.3 Å². The summed E-state index contributed by atoms with van der Waals surface area (Å²) in [5.74, 6) is -3.20. The lowest BCUT2D eigenvalue weighted by atomic mass is 10.1. The fraction of sp³-hybridized carbons (Fsp3) is 0.200. The molecular formula is C25H21F2N3O6S. The number of aromatic nitrogens is 1. The number of ether oxygens (including phenoxy) is 2. The van der Waals surface area contributed by atoms with Crippen LogP contribution in [0.15, 0.2) is 48.7 Å². The summed E-state index contributed by atoms with van der Waals surface area (Å²) >= 11 is 0.942. The van der Waals surface area contributed by atoms with Crippen LogP contribution >= 0.6 is 11.8 Å². The number of anilines is 1. The van der Waals surface area contributed by atoms with Crippen LogP contribution in [0.3, 0.4) is 0 Å². The molecule has 4 rings (SSSR count). The van der Waals surface area contributed by atoms with Gasteiger partial charge in [0, 0.05) is 18.3 Å². The number of carboxylic acid groups (broad SMARTS) is 1. The van der Waals surface area contributed by atoms with Gasteiger partial charge in [-0.1, -0.05) is 6.07 Å². The highest BCUT2D eigenvalue weighted by atomic mass is 32.2. The minimum Gasteiger partial charge on any atom is -0.493 e. The first-order valence-corrected chi connectivity index (χ1v) is 11.9. The SMILES string of the molecule is COc1ccc(CN2C(=O)c3c(F)ccc(F)c3C2SCC(=O)Nc2ccc(C(=O)O)cn2)cc1OC. The molecule has 1 aliphatic rings. The minimum atomic E-state index is -1.16. The number of pyridine rings is 1. The van der Waals surface area contributed by atoms with Crippen LogP contribution in [0, 0.1) is 11.6 Å². The van der Waals surface area contributed by atoms with E-state index in [1.807, 2.05) is 0 Å². The molecule has 2 amide bonds. The quantitative estimate of drug-likeness (QED) is 0.426. The van der Waals surface area contributed by atoms with E-state index in [0.29, 0.717) is 17.1 Å². The summed E-state index contributed by atoms with van der Waals surface area (Å²) in [5.41, 5.74) is 0.0747. The van der Waals surface area contributed by atoms with Gasteiger partial charge in [-0.2, -0.15) is 0 Å². The van der Waals surface area contributed by atoms with E-state index < -0.39 is 34.8 Å². The third-order valence-corrected chi connectivity index (χ3v) is 6.83. The normalized spacial score (nSPS) is 14.3.